The number of carbonyl (C=O) groups is 2. The summed E-state index contributed by atoms with van der Waals surface area (Å²) in [6.45, 7) is 1.71. The van der Waals surface area contributed by atoms with Crippen molar-refractivity contribution in [3.63, 3.8) is 0 Å². The minimum atomic E-state index is -0.484. The first-order valence-corrected chi connectivity index (χ1v) is 6.05. The van der Waals surface area contributed by atoms with Gasteiger partial charge in [-0.2, -0.15) is 0 Å². The van der Waals surface area contributed by atoms with Crippen molar-refractivity contribution in [1.29, 1.82) is 0 Å². The van der Waals surface area contributed by atoms with E-state index in [1.807, 2.05) is 0 Å². The fourth-order valence-electron chi connectivity index (χ4n) is 1.34. The van der Waals surface area contributed by atoms with E-state index >= 15 is 0 Å². The molecule has 0 unspecified atom stereocenters. The number of carbonyl (C=O) groups excluding carboxylic acids is 2. The number of ether oxygens (including phenoxy) is 1. The van der Waals surface area contributed by atoms with Gasteiger partial charge >= 0.3 is 5.97 Å². The number of hydrogen-bond donors (Lipinski definition) is 1. The van der Waals surface area contributed by atoms with E-state index in [0.717, 1.165) is 4.47 Å². The van der Waals surface area contributed by atoms with E-state index in [2.05, 4.69) is 15.9 Å². The van der Waals surface area contributed by atoms with Crippen molar-refractivity contribution in [2.24, 2.45) is 5.73 Å². The summed E-state index contributed by atoms with van der Waals surface area (Å²) < 4.78 is 5.74. The second-order valence-corrected chi connectivity index (χ2v) is 4.36. The number of Topliss-reactive ketones (excluding diaryl/α,β-unsaturated/α-hetero) is 1. The van der Waals surface area contributed by atoms with Crippen molar-refractivity contribution in [2.45, 2.75) is 20.0 Å². The van der Waals surface area contributed by atoms with Crippen LogP contribution in [0.3, 0.4) is 0 Å². The molecule has 0 aliphatic heterocycles. The molecule has 0 aliphatic carbocycles. The molecule has 0 saturated carbocycles. The summed E-state index contributed by atoms with van der Waals surface area (Å²) in [6, 6.07) is 5.30. The topological polar surface area (TPSA) is 69.4 Å². The minimum absolute atomic E-state index is 0.0186. The van der Waals surface area contributed by atoms with Crippen molar-refractivity contribution in [3.8, 4) is 0 Å². The van der Waals surface area contributed by atoms with E-state index in [1.54, 1.807) is 25.1 Å². The maximum atomic E-state index is 11.7. The summed E-state index contributed by atoms with van der Waals surface area (Å²) in [4.78, 5) is 22.7. The molecule has 0 atom stereocenters. The zero-order chi connectivity index (χ0) is 12.8. The van der Waals surface area contributed by atoms with Gasteiger partial charge in [-0.05, 0) is 12.1 Å². The van der Waals surface area contributed by atoms with Gasteiger partial charge in [0.1, 0.15) is 6.61 Å². The highest BCUT2D eigenvalue weighted by atomic mass is 79.9. The van der Waals surface area contributed by atoms with Crippen LogP contribution < -0.4 is 5.73 Å². The quantitative estimate of drug-likeness (QED) is 0.667. The maximum absolute atomic E-state index is 11.7. The number of halogens is 1. The van der Waals surface area contributed by atoms with Crippen molar-refractivity contribution in [1.82, 2.24) is 0 Å². The highest BCUT2D eigenvalue weighted by Crippen LogP contribution is 2.19. The molecule has 0 fully saturated rings. The van der Waals surface area contributed by atoms with Crippen molar-refractivity contribution in [2.75, 3.05) is 6.54 Å². The van der Waals surface area contributed by atoms with Crippen molar-refractivity contribution in [3.05, 3.63) is 33.8 Å². The summed E-state index contributed by atoms with van der Waals surface area (Å²) in [7, 11) is 0. The van der Waals surface area contributed by atoms with Crippen LogP contribution in [0.25, 0.3) is 0 Å². The number of nitrogens with two attached hydrogens (primary N) is 1. The molecule has 1 aromatic rings. The lowest BCUT2D eigenvalue weighted by atomic mass is 10.0. The zero-order valence-corrected chi connectivity index (χ0v) is 11.1. The van der Waals surface area contributed by atoms with Gasteiger partial charge in [0, 0.05) is 22.0 Å². The molecule has 0 aromatic heterocycles. The Bertz CT molecular complexity index is 432. The lowest BCUT2D eigenvalue weighted by molar-refractivity contribution is -0.143. The summed E-state index contributed by atoms with van der Waals surface area (Å²) in [5, 5.41) is 0. The summed E-state index contributed by atoms with van der Waals surface area (Å²) in [5.74, 6) is -0.465. The van der Waals surface area contributed by atoms with Crippen LogP contribution in [0.5, 0.6) is 0 Å². The minimum Gasteiger partial charge on any atom is -0.460 e. The van der Waals surface area contributed by atoms with E-state index in [0.29, 0.717) is 17.5 Å². The van der Waals surface area contributed by atoms with Gasteiger partial charge in [-0.1, -0.05) is 28.9 Å². The molecule has 1 rings (SSSR count). The third-order valence-electron chi connectivity index (χ3n) is 2.25. The summed E-state index contributed by atoms with van der Waals surface area (Å²) in [6.07, 6.45) is 0.411. The first kappa shape index (κ1) is 13.9. The molecule has 0 heterocycles. The lowest BCUT2D eigenvalue weighted by Gasteiger charge is -2.09. The second-order valence-electron chi connectivity index (χ2n) is 3.44. The predicted octanol–water partition coefficient (Wildman–Crippen LogP) is 2.04. The Balaban J connectivity index is 2.90. The van der Waals surface area contributed by atoms with Crippen molar-refractivity contribution < 1.29 is 14.3 Å². The van der Waals surface area contributed by atoms with E-state index in [9.17, 15) is 9.59 Å². The molecule has 17 heavy (non-hydrogen) atoms. The average molecular weight is 300 g/mol. The molecule has 0 amide bonds. The fraction of sp³-hybridized carbons (Fsp3) is 0.333. The number of benzene rings is 1. The van der Waals surface area contributed by atoms with E-state index in [-0.39, 0.29) is 18.9 Å². The van der Waals surface area contributed by atoms with E-state index < -0.39 is 5.97 Å². The highest BCUT2D eigenvalue weighted by molar-refractivity contribution is 9.10. The number of ketones is 1. The first-order chi connectivity index (χ1) is 8.08. The molecular weight excluding hydrogens is 286 g/mol. The van der Waals surface area contributed by atoms with Crippen LogP contribution in [-0.4, -0.2) is 18.3 Å². The van der Waals surface area contributed by atoms with Crippen LogP contribution in [-0.2, 0) is 16.1 Å². The smallest absolute Gasteiger partial charge is 0.320 e. The predicted molar refractivity (Wildman–Crippen MR) is 67.6 cm³/mol. The zero-order valence-electron chi connectivity index (χ0n) is 9.53. The molecule has 1 aromatic carbocycles. The molecule has 0 saturated heterocycles. The van der Waals surface area contributed by atoms with Crippen LogP contribution in [0, 0.1) is 0 Å². The molecule has 0 aliphatic rings. The van der Waals surface area contributed by atoms with Gasteiger partial charge in [0.15, 0.2) is 5.78 Å². The van der Waals surface area contributed by atoms with Crippen LogP contribution in [0.4, 0.5) is 0 Å². The van der Waals surface area contributed by atoms with Gasteiger partial charge in [-0.3, -0.25) is 9.59 Å². The van der Waals surface area contributed by atoms with Gasteiger partial charge in [-0.15, -0.1) is 0 Å². The Morgan fingerprint density at radius 1 is 1.41 bits per heavy atom. The molecular formula is C12H14BrNO3. The molecule has 2 N–H and O–H groups in total. The molecule has 92 valence electrons. The van der Waals surface area contributed by atoms with Gasteiger partial charge in [0.25, 0.3) is 0 Å². The molecule has 0 radical (unpaired) electrons. The Labute approximate surface area is 108 Å². The van der Waals surface area contributed by atoms with E-state index in [4.69, 9.17) is 10.5 Å². The lowest BCUT2D eigenvalue weighted by Crippen LogP contribution is -2.17. The fourth-order valence-corrected chi connectivity index (χ4v) is 1.70. The standard InChI is InChI=1S/C12H14BrNO3/c1-2-11(15)10-5-9(13)4-3-8(10)7-17-12(16)6-14/h3-5H,2,6-7,14H2,1H3. The average Bonchev–Trinajstić information content (AvgIpc) is 2.35. The number of hydrogen-bond acceptors (Lipinski definition) is 4. The van der Waals surface area contributed by atoms with Crippen LogP contribution in [0.15, 0.2) is 22.7 Å². The van der Waals surface area contributed by atoms with E-state index in [1.165, 1.54) is 0 Å². The van der Waals surface area contributed by atoms with Gasteiger partial charge < -0.3 is 10.5 Å². The van der Waals surface area contributed by atoms with Crippen LogP contribution in [0.1, 0.15) is 29.3 Å². The third-order valence-corrected chi connectivity index (χ3v) is 2.74. The highest BCUT2D eigenvalue weighted by Gasteiger charge is 2.11. The monoisotopic (exact) mass is 299 g/mol. The van der Waals surface area contributed by atoms with Crippen LogP contribution in [0.2, 0.25) is 0 Å². The number of rotatable bonds is 5. The van der Waals surface area contributed by atoms with Gasteiger partial charge in [0.05, 0.1) is 6.54 Å². The van der Waals surface area contributed by atoms with Gasteiger partial charge in [0.2, 0.25) is 0 Å². The Morgan fingerprint density at radius 3 is 2.71 bits per heavy atom. The SMILES string of the molecule is CCC(=O)c1cc(Br)ccc1COC(=O)CN. The first-order valence-electron chi connectivity index (χ1n) is 5.25. The Kier molecular flexibility index (Phi) is 5.31. The Hall–Kier alpha value is -1.20. The summed E-state index contributed by atoms with van der Waals surface area (Å²) in [5.41, 5.74) is 6.41. The second kappa shape index (κ2) is 6.51. The largest absolute Gasteiger partial charge is 0.460 e. The molecule has 5 heteroatoms. The maximum Gasteiger partial charge on any atom is 0.320 e. The van der Waals surface area contributed by atoms with Gasteiger partial charge in [-0.25, -0.2) is 0 Å². The summed E-state index contributed by atoms with van der Waals surface area (Å²) >= 11 is 3.31. The molecule has 0 bridgehead atoms. The van der Waals surface area contributed by atoms with Crippen molar-refractivity contribution >= 4 is 27.7 Å². The molecule has 0 spiro atoms. The Morgan fingerprint density at radius 2 is 2.12 bits per heavy atom. The third kappa shape index (κ3) is 3.94. The normalized spacial score (nSPS) is 10.1. The van der Waals surface area contributed by atoms with Crippen LogP contribution >= 0.6 is 15.9 Å². The number of esters is 1. The molecule has 4 nitrogen and oxygen atoms in total.